The fourth-order valence-electron chi connectivity index (χ4n) is 2.15. The smallest absolute Gasteiger partial charge is 0.138 e. The topological polar surface area (TPSA) is 42.7 Å². The third-order valence-corrected chi connectivity index (χ3v) is 4.58. The number of nitrogens with zero attached hydrogens (tertiary/aromatic N) is 3. The minimum atomic E-state index is 0.843. The van der Waals surface area contributed by atoms with Crippen LogP contribution in [0.5, 0.6) is 0 Å². The lowest BCUT2D eigenvalue weighted by atomic mass is 10.3. The Morgan fingerprint density at radius 3 is 2.62 bits per heavy atom. The van der Waals surface area contributed by atoms with E-state index in [1.165, 1.54) is 9.75 Å². The van der Waals surface area contributed by atoms with Crippen molar-refractivity contribution >= 4 is 17.0 Å². The second-order valence-corrected chi connectivity index (χ2v) is 6.08. The molecule has 0 fully saturated rings. The van der Waals surface area contributed by atoms with Crippen LogP contribution in [0.2, 0.25) is 0 Å². The van der Waals surface area contributed by atoms with Crippen LogP contribution in [0.3, 0.4) is 0 Å². The molecule has 3 aromatic rings. The number of imidazole rings is 1. The standard InChI is InChI=1S/C16H18N4S/c1-3-14-5-6-15(21-14)11-18-13-4-7-16(19-10-13)20-9-8-17-12(20)2/h4-10,18H,3,11H2,1-2H3. The lowest BCUT2D eigenvalue weighted by Crippen LogP contribution is -2.01. The first-order valence-corrected chi connectivity index (χ1v) is 7.85. The number of hydrogen-bond acceptors (Lipinski definition) is 4. The minimum Gasteiger partial charge on any atom is -0.379 e. The van der Waals surface area contributed by atoms with E-state index in [4.69, 9.17) is 0 Å². The van der Waals surface area contributed by atoms with Gasteiger partial charge in [0, 0.05) is 28.7 Å². The van der Waals surface area contributed by atoms with Crippen LogP contribution in [-0.4, -0.2) is 14.5 Å². The Kier molecular flexibility index (Phi) is 4.01. The maximum absolute atomic E-state index is 4.48. The predicted molar refractivity (Wildman–Crippen MR) is 87.1 cm³/mol. The van der Waals surface area contributed by atoms with Crippen molar-refractivity contribution in [2.24, 2.45) is 0 Å². The highest BCUT2D eigenvalue weighted by molar-refractivity contribution is 7.12. The summed E-state index contributed by atoms with van der Waals surface area (Å²) in [6, 6.07) is 8.44. The molecule has 0 atom stereocenters. The van der Waals surface area contributed by atoms with Crippen molar-refractivity contribution in [2.45, 2.75) is 26.8 Å². The molecule has 0 spiro atoms. The van der Waals surface area contributed by atoms with E-state index in [2.05, 4.69) is 40.4 Å². The Bertz CT molecular complexity index is 712. The van der Waals surface area contributed by atoms with Crippen LogP contribution in [0.25, 0.3) is 5.82 Å². The molecule has 0 aliphatic heterocycles. The first-order valence-electron chi connectivity index (χ1n) is 7.04. The average molecular weight is 298 g/mol. The summed E-state index contributed by atoms with van der Waals surface area (Å²) in [6.45, 7) is 5.00. The van der Waals surface area contributed by atoms with Crippen LogP contribution < -0.4 is 5.32 Å². The van der Waals surface area contributed by atoms with Gasteiger partial charge in [0.05, 0.1) is 11.9 Å². The Morgan fingerprint density at radius 2 is 2.00 bits per heavy atom. The zero-order valence-electron chi connectivity index (χ0n) is 12.2. The Balaban J connectivity index is 1.66. The van der Waals surface area contributed by atoms with Gasteiger partial charge in [-0.2, -0.15) is 0 Å². The fourth-order valence-corrected chi connectivity index (χ4v) is 3.05. The second-order valence-electron chi connectivity index (χ2n) is 4.82. The number of pyridine rings is 1. The summed E-state index contributed by atoms with van der Waals surface area (Å²) in [7, 11) is 0. The molecule has 0 radical (unpaired) electrons. The molecule has 0 amide bonds. The molecule has 0 aromatic carbocycles. The highest BCUT2D eigenvalue weighted by Gasteiger charge is 2.02. The van der Waals surface area contributed by atoms with Crippen LogP contribution in [0.15, 0.2) is 42.9 Å². The monoisotopic (exact) mass is 298 g/mol. The van der Waals surface area contributed by atoms with Gasteiger partial charge in [-0.1, -0.05) is 6.92 Å². The van der Waals surface area contributed by atoms with E-state index in [0.29, 0.717) is 0 Å². The number of thiophene rings is 1. The number of anilines is 1. The van der Waals surface area contributed by atoms with Gasteiger partial charge < -0.3 is 5.32 Å². The zero-order valence-corrected chi connectivity index (χ0v) is 13.0. The van der Waals surface area contributed by atoms with E-state index >= 15 is 0 Å². The molecule has 5 heteroatoms. The van der Waals surface area contributed by atoms with Gasteiger partial charge in [0.25, 0.3) is 0 Å². The molecular formula is C16H18N4S. The summed E-state index contributed by atoms with van der Waals surface area (Å²) in [6.07, 6.45) is 6.67. The van der Waals surface area contributed by atoms with Crippen molar-refractivity contribution in [3.63, 3.8) is 0 Å². The lowest BCUT2D eigenvalue weighted by Gasteiger charge is -2.07. The highest BCUT2D eigenvalue weighted by atomic mass is 32.1. The largest absolute Gasteiger partial charge is 0.379 e. The summed E-state index contributed by atoms with van der Waals surface area (Å²) in [5, 5.41) is 3.41. The van der Waals surface area contributed by atoms with Gasteiger partial charge in [-0.3, -0.25) is 4.57 Å². The second kappa shape index (κ2) is 6.10. The van der Waals surface area contributed by atoms with E-state index in [1.807, 2.05) is 41.3 Å². The van der Waals surface area contributed by atoms with Gasteiger partial charge in [0.15, 0.2) is 0 Å². The van der Waals surface area contributed by atoms with Crippen molar-refractivity contribution in [3.05, 3.63) is 58.4 Å². The predicted octanol–water partition coefficient (Wildman–Crippen LogP) is 3.81. The van der Waals surface area contributed by atoms with E-state index in [1.54, 1.807) is 6.20 Å². The first kappa shape index (κ1) is 13.8. The summed E-state index contributed by atoms with van der Waals surface area (Å²) in [5.41, 5.74) is 1.03. The molecule has 0 aliphatic rings. The molecule has 3 aromatic heterocycles. The molecule has 108 valence electrons. The van der Waals surface area contributed by atoms with Crippen molar-refractivity contribution in [1.82, 2.24) is 14.5 Å². The number of nitrogens with one attached hydrogen (secondary N) is 1. The van der Waals surface area contributed by atoms with Gasteiger partial charge in [-0.25, -0.2) is 9.97 Å². The molecule has 0 unspecified atom stereocenters. The zero-order chi connectivity index (χ0) is 14.7. The van der Waals surface area contributed by atoms with Gasteiger partial charge in [0.2, 0.25) is 0 Å². The lowest BCUT2D eigenvalue weighted by molar-refractivity contribution is 0.932. The molecule has 0 saturated heterocycles. The van der Waals surface area contributed by atoms with Gasteiger partial charge in [-0.15, -0.1) is 11.3 Å². The molecule has 0 bridgehead atoms. The Labute approximate surface area is 128 Å². The molecule has 4 nitrogen and oxygen atoms in total. The van der Waals surface area contributed by atoms with Crippen molar-refractivity contribution < 1.29 is 0 Å². The van der Waals surface area contributed by atoms with Gasteiger partial charge >= 0.3 is 0 Å². The fraction of sp³-hybridized carbons (Fsp3) is 0.250. The van der Waals surface area contributed by atoms with Gasteiger partial charge in [0.1, 0.15) is 11.6 Å². The third-order valence-electron chi connectivity index (χ3n) is 3.35. The minimum absolute atomic E-state index is 0.843. The average Bonchev–Trinajstić information content (AvgIpc) is 3.14. The molecule has 1 N–H and O–H groups in total. The van der Waals surface area contributed by atoms with E-state index in [0.717, 1.165) is 30.3 Å². The normalized spacial score (nSPS) is 10.8. The van der Waals surface area contributed by atoms with Crippen molar-refractivity contribution in [2.75, 3.05) is 5.32 Å². The van der Waals surface area contributed by atoms with Crippen LogP contribution >= 0.6 is 11.3 Å². The molecule has 3 rings (SSSR count). The molecule has 0 aliphatic carbocycles. The Morgan fingerprint density at radius 1 is 1.14 bits per heavy atom. The van der Waals surface area contributed by atoms with Crippen LogP contribution in [0.1, 0.15) is 22.5 Å². The van der Waals surface area contributed by atoms with E-state index < -0.39 is 0 Å². The van der Waals surface area contributed by atoms with Crippen molar-refractivity contribution in [3.8, 4) is 5.82 Å². The highest BCUT2D eigenvalue weighted by Crippen LogP contribution is 2.18. The summed E-state index contributed by atoms with van der Waals surface area (Å²) in [5.74, 6) is 1.83. The molecule has 0 saturated carbocycles. The molecular weight excluding hydrogens is 280 g/mol. The molecule has 21 heavy (non-hydrogen) atoms. The van der Waals surface area contributed by atoms with Crippen LogP contribution in [0.4, 0.5) is 5.69 Å². The maximum Gasteiger partial charge on any atom is 0.138 e. The first-order chi connectivity index (χ1) is 10.3. The number of rotatable bonds is 5. The summed E-state index contributed by atoms with van der Waals surface area (Å²) >= 11 is 1.86. The molecule has 3 heterocycles. The van der Waals surface area contributed by atoms with E-state index in [9.17, 15) is 0 Å². The van der Waals surface area contributed by atoms with Gasteiger partial charge in [-0.05, 0) is 37.6 Å². The summed E-state index contributed by atoms with van der Waals surface area (Å²) in [4.78, 5) is 11.5. The maximum atomic E-state index is 4.48. The van der Waals surface area contributed by atoms with E-state index in [-0.39, 0.29) is 0 Å². The number of hydrogen-bond donors (Lipinski definition) is 1. The van der Waals surface area contributed by atoms with Crippen LogP contribution in [-0.2, 0) is 13.0 Å². The van der Waals surface area contributed by atoms with Crippen molar-refractivity contribution in [1.29, 1.82) is 0 Å². The Hall–Kier alpha value is -2.14. The summed E-state index contributed by atoms with van der Waals surface area (Å²) < 4.78 is 1.97. The quantitative estimate of drug-likeness (QED) is 0.779. The number of aromatic nitrogens is 3. The SMILES string of the molecule is CCc1ccc(CNc2ccc(-n3ccnc3C)nc2)s1. The van der Waals surface area contributed by atoms with Crippen LogP contribution in [0, 0.1) is 6.92 Å². The third kappa shape index (κ3) is 3.13. The number of aryl methyl sites for hydroxylation is 2.